The van der Waals surface area contributed by atoms with E-state index in [-0.39, 0.29) is 0 Å². The molecule has 5 rings (SSSR count). The fourth-order valence-electron chi connectivity index (χ4n) is 5.65. The van der Waals surface area contributed by atoms with Crippen molar-refractivity contribution in [1.29, 1.82) is 0 Å². The molecule has 2 atom stereocenters. The quantitative estimate of drug-likeness (QED) is 0.758. The molecule has 3 aliphatic rings. The molecule has 2 nitrogen and oxygen atoms in total. The molecule has 2 heteroatoms. The average molecular weight is 306 g/mol. The maximum absolute atomic E-state index is 2.79. The third-order valence-corrected chi connectivity index (χ3v) is 6.69. The second kappa shape index (κ2) is 4.73. The zero-order chi connectivity index (χ0) is 15.6. The largest absolute Gasteiger partial charge is 0.316 e. The van der Waals surface area contributed by atoms with E-state index < -0.39 is 0 Å². The second-order valence-corrected chi connectivity index (χ2v) is 7.58. The van der Waals surface area contributed by atoms with Gasteiger partial charge in [-0.25, -0.2) is 0 Å². The number of fused-ring (bicyclic) bond motifs is 3. The van der Waals surface area contributed by atoms with Gasteiger partial charge in [-0.3, -0.25) is 4.90 Å². The van der Waals surface area contributed by atoms with Crippen molar-refractivity contribution in [3.05, 3.63) is 41.6 Å². The molecule has 3 aliphatic heterocycles. The highest BCUT2D eigenvalue weighted by molar-refractivity contribution is 5.90. The number of rotatable bonds is 2. The van der Waals surface area contributed by atoms with Crippen molar-refractivity contribution in [2.45, 2.75) is 52.0 Å². The Morgan fingerprint density at radius 1 is 1.17 bits per heavy atom. The second-order valence-electron chi connectivity index (χ2n) is 7.58. The van der Waals surface area contributed by atoms with Gasteiger partial charge >= 0.3 is 0 Å². The Bertz CT molecular complexity index is 813. The Kier molecular flexibility index (Phi) is 2.85. The predicted molar refractivity (Wildman–Crippen MR) is 96.5 cm³/mol. The van der Waals surface area contributed by atoms with Gasteiger partial charge < -0.3 is 4.57 Å². The van der Waals surface area contributed by atoms with Crippen LogP contribution in [0.5, 0.6) is 0 Å². The molecule has 0 unspecified atom stereocenters. The molecule has 23 heavy (non-hydrogen) atoms. The lowest BCUT2D eigenvalue weighted by Crippen LogP contribution is -2.50. The fourth-order valence-corrected chi connectivity index (χ4v) is 5.65. The minimum Gasteiger partial charge on any atom is -0.316 e. The van der Waals surface area contributed by atoms with E-state index in [0.29, 0.717) is 11.5 Å². The maximum atomic E-state index is 2.79. The van der Waals surface area contributed by atoms with E-state index in [1.54, 1.807) is 11.3 Å². The minimum atomic E-state index is 0.364. The van der Waals surface area contributed by atoms with Crippen molar-refractivity contribution in [2.75, 3.05) is 13.1 Å². The molecule has 0 bridgehead atoms. The molecule has 4 heterocycles. The van der Waals surface area contributed by atoms with Crippen molar-refractivity contribution in [2.24, 2.45) is 5.41 Å². The van der Waals surface area contributed by atoms with Crippen LogP contribution >= 0.6 is 0 Å². The summed E-state index contributed by atoms with van der Waals surface area (Å²) in [6.45, 7) is 7.24. The molecule has 0 N–H and O–H groups in total. The average Bonchev–Trinajstić information content (AvgIpc) is 2.95. The number of hydrogen-bond donors (Lipinski definition) is 0. The van der Waals surface area contributed by atoms with Gasteiger partial charge in [-0.15, -0.1) is 0 Å². The molecule has 0 aliphatic carbocycles. The number of hydrogen-bond acceptors (Lipinski definition) is 1. The summed E-state index contributed by atoms with van der Waals surface area (Å²) in [5.41, 5.74) is 6.61. The molecule has 0 amide bonds. The zero-order valence-corrected chi connectivity index (χ0v) is 14.3. The smallest absolute Gasteiger partial charge is 0.0599 e. The lowest BCUT2D eigenvalue weighted by Gasteiger charge is -2.53. The highest BCUT2D eigenvalue weighted by atomic mass is 15.2. The lowest BCUT2D eigenvalue weighted by molar-refractivity contribution is 0.0268. The Labute approximate surface area is 138 Å². The maximum Gasteiger partial charge on any atom is 0.0599 e. The number of allylic oxidation sites excluding steroid dienone is 1. The number of benzene rings is 1. The first-order chi connectivity index (χ1) is 11.3. The van der Waals surface area contributed by atoms with Gasteiger partial charge in [0.2, 0.25) is 0 Å². The van der Waals surface area contributed by atoms with Gasteiger partial charge in [-0.05, 0) is 50.3 Å². The molecule has 120 valence electrons. The normalized spacial score (nSPS) is 29.5. The van der Waals surface area contributed by atoms with E-state index in [2.05, 4.69) is 53.7 Å². The topological polar surface area (TPSA) is 8.17 Å². The van der Waals surface area contributed by atoms with Crippen LogP contribution in [-0.4, -0.2) is 22.6 Å². The molecule has 1 aromatic heterocycles. The minimum absolute atomic E-state index is 0.364. The highest BCUT2D eigenvalue weighted by Gasteiger charge is 2.49. The monoisotopic (exact) mass is 306 g/mol. The molecule has 0 spiro atoms. The molecule has 2 aromatic rings. The van der Waals surface area contributed by atoms with Crippen LogP contribution in [0, 0.1) is 5.41 Å². The van der Waals surface area contributed by atoms with Crippen LogP contribution in [0.25, 0.3) is 16.6 Å². The SMILES string of the molecule is CCC1=C[C@]2(CC)CCCN3CCc4c(n1c1ccccc41)[C@@H]32. The van der Waals surface area contributed by atoms with E-state index in [1.165, 1.54) is 55.4 Å². The van der Waals surface area contributed by atoms with Crippen LogP contribution in [0.4, 0.5) is 0 Å². The number of nitrogens with zero attached hydrogens (tertiary/aromatic N) is 2. The highest BCUT2D eigenvalue weighted by Crippen LogP contribution is 2.57. The van der Waals surface area contributed by atoms with Gasteiger partial charge in [-0.2, -0.15) is 0 Å². The Morgan fingerprint density at radius 3 is 2.87 bits per heavy atom. The molecular weight excluding hydrogens is 280 g/mol. The van der Waals surface area contributed by atoms with Crippen LogP contribution in [-0.2, 0) is 6.42 Å². The van der Waals surface area contributed by atoms with E-state index in [0.717, 1.165) is 6.42 Å². The van der Waals surface area contributed by atoms with Gasteiger partial charge in [0.1, 0.15) is 0 Å². The first-order valence-electron chi connectivity index (χ1n) is 9.37. The summed E-state index contributed by atoms with van der Waals surface area (Å²) in [7, 11) is 0. The van der Waals surface area contributed by atoms with E-state index >= 15 is 0 Å². The van der Waals surface area contributed by atoms with Crippen molar-refractivity contribution in [1.82, 2.24) is 9.47 Å². The van der Waals surface area contributed by atoms with E-state index in [1.807, 2.05) is 0 Å². The molecule has 1 saturated heterocycles. The zero-order valence-electron chi connectivity index (χ0n) is 14.3. The van der Waals surface area contributed by atoms with E-state index in [9.17, 15) is 0 Å². The summed E-state index contributed by atoms with van der Waals surface area (Å²) in [5.74, 6) is 0. The van der Waals surface area contributed by atoms with Gasteiger partial charge in [0, 0.05) is 28.7 Å². The molecule has 0 radical (unpaired) electrons. The van der Waals surface area contributed by atoms with Crippen LogP contribution in [0.3, 0.4) is 0 Å². The first kappa shape index (κ1) is 13.9. The molecule has 1 fully saturated rings. The van der Waals surface area contributed by atoms with Crippen LogP contribution < -0.4 is 0 Å². The first-order valence-corrected chi connectivity index (χ1v) is 9.37. The third kappa shape index (κ3) is 1.63. The Hall–Kier alpha value is -1.54. The third-order valence-electron chi connectivity index (χ3n) is 6.69. The molecule has 1 aromatic carbocycles. The molecular formula is C21H26N2. The van der Waals surface area contributed by atoms with Crippen molar-refractivity contribution in [3.63, 3.8) is 0 Å². The van der Waals surface area contributed by atoms with Crippen molar-refractivity contribution < 1.29 is 0 Å². The lowest BCUT2D eigenvalue weighted by atomic mass is 9.66. The van der Waals surface area contributed by atoms with Gasteiger partial charge in [-0.1, -0.05) is 38.1 Å². The van der Waals surface area contributed by atoms with Crippen molar-refractivity contribution in [3.8, 4) is 0 Å². The predicted octanol–water partition coefficient (Wildman–Crippen LogP) is 5.00. The summed E-state index contributed by atoms with van der Waals surface area (Å²) in [5, 5.41) is 1.50. The van der Waals surface area contributed by atoms with Gasteiger partial charge in [0.05, 0.1) is 11.6 Å². The van der Waals surface area contributed by atoms with Crippen LogP contribution in [0.15, 0.2) is 30.3 Å². The number of piperidine rings is 1. The van der Waals surface area contributed by atoms with Gasteiger partial charge in [0.25, 0.3) is 0 Å². The Morgan fingerprint density at radius 2 is 2.04 bits per heavy atom. The van der Waals surface area contributed by atoms with Crippen LogP contribution in [0.2, 0.25) is 0 Å². The molecule has 0 saturated carbocycles. The Balaban J connectivity index is 1.89. The number of aromatic nitrogens is 1. The van der Waals surface area contributed by atoms with Crippen molar-refractivity contribution >= 4 is 16.6 Å². The van der Waals surface area contributed by atoms with E-state index in [4.69, 9.17) is 0 Å². The summed E-state index contributed by atoms with van der Waals surface area (Å²) in [6, 6.07) is 9.68. The standard InChI is InChI=1S/C21H26N2/c1-3-15-14-21(4-2)11-7-12-22-13-10-17-16-8-5-6-9-18(16)23(15)19(17)20(21)22/h5-6,8-9,14,20H,3-4,7,10-13H2,1-2H3/t20-,21+/m1/s1. The van der Waals surface area contributed by atoms with Gasteiger partial charge in [0.15, 0.2) is 0 Å². The fraction of sp³-hybridized carbons (Fsp3) is 0.524. The number of para-hydroxylation sites is 1. The van der Waals surface area contributed by atoms with Crippen LogP contribution in [0.1, 0.15) is 56.8 Å². The summed E-state index contributed by atoms with van der Waals surface area (Å²) in [4.78, 5) is 2.79. The summed E-state index contributed by atoms with van der Waals surface area (Å²) in [6.07, 6.45) is 8.98. The summed E-state index contributed by atoms with van der Waals surface area (Å²) < 4.78 is 2.63. The summed E-state index contributed by atoms with van der Waals surface area (Å²) >= 11 is 0.